The molecule has 1 aliphatic heterocycles. The Kier molecular flexibility index (Phi) is 12.8. The molecule has 23 heteroatoms. The van der Waals surface area contributed by atoms with Crippen molar-refractivity contribution in [3.63, 3.8) is 0 Å². The maximum Gasteiger partial charge on any atom is 0.490 e. The first kappa shape index (κ1) is 35.2. The molecule has 1 aromatic rings. The second kappa shape index (κ2) is 14.9. The number of hydrogen-bond acceptors (Lipinski definition) is 13. The molecular formula is C18H29N4O16P3. The van der Waals surface area contributed by atoms with Crippen molar-refractivity contribution in [2.24, 2.45) is 5.73 Å². The standard InChI is InChI=1S/C18H29N4O16P3/c19-9-13(36-40(31,32)38-41(33,34)37-39(28,29)30)4-1-5-16(25)20-6-2-3-12-7-17(22(26)27)21(10-12)18-8-14(24)15(11-23)35-18/h7,10,13-15,18,23-24H,1,4-6,8-9,11,19H2,(H,20,25)(H,31,32)(H,33,34)(H2,28,29,30)/t13?,14-,15+,18+/m0/s1. The fraction of sp³-hybridized carbons (Fsp3) is 0.611. The van der Waals surface area contributed by atoms with Crippen LogP contribution in [0, 0.1) is 22.0 Å². The van der Waals surface area contributed by atoms with Crippen LogP contribution in [0.3, 0.4) is 0 Å². The van der Waals surface area contributed by atoms with Crippen LogP contribution in [0.4, 0.5) is 5.82 Å². The predicted octanol–water partition coefficient (Wildman–Crippen LogP) is -0.654. The Morgan fingerprint density at radius 1 is 1.27 bits per heavy atom. The van der Waals surface area contributed by atoms with Crippen molar-refractivity contribution in [1.29, 1.82) is 0 Å². The van der Waals surface area contributed by atoms with Crippen LogP contribution >= 0.6 is 23.5 Å². The molecule has 1 amide bonds. The minimum atomic E-state index is -5.68. The quantitative estimate of drug-likeness (QED) is 0.0506. The lowest BCUT2D eigenvalue weighted by molar-refractivity contribution is -0.393. The Balaban J connectivity index is 1.83. The number of nitrogens with two attached hydrogens (primary N) is 1. The largest absolute Gasteiger partial charge is 0.490 e. The summed E-state index contributed by atoms with van der Waals surface area (Å²) < 4.78 is 52.4. The minimum Gasteiger partial charge on any atom is -0.394 e. The second-order valence-electron chi connectivity index (χ2n) is 8.39. The highest BCUT2D eigenvalue weighted by molar-refractivity contribution is 7.66. The van der Waals surface area contributed by atoms with Crippen LogP contribution in [-0.2, 0) is 36.4 Å². The van der Waals surface area contributed by atoms with Gasteiger partial charge in [0.1, 0.15) is 12.3 Å². The highest BCUT2D eigenvalue weighted by Crippen LogP contribution is 2.66. The van der Waals surface area contributed by atoms with Gasteiger partial charge in [-0.05, 0) is 17.8 Å². The molecule has 1 fully saturated rings. The van der Waals surface area contributed by atoms with Crippen molar-refractivity contribution < 1.29 is 71.1 Å². The number of phosphoric acid groups is 3. The lowest BCUT2D eigenvalue weighted by atomic mass is 10.1. The molecule has 1 aromatic heterocycles. The smallest absolute Gasteiger partial charge is 0.394 e. The molecule has 20 nitrogen and oxygen atoms in total. The van der Waals surface area contributed by atoms with Crippen molar-refractivity contribution in [2.75, 3.05) is 19.7 Å². The number of carbonyl (C=O) groups excluding carboxylic acids is 1. The molecule has 2 rings (SSSR count). The number of aromatic nitrogens is 1. The number of carbonyl (C=O) groups is 1. The van der Waals surface area contributed by atoms with Crippen LogP contribution in [-0.4, -0.2) is 83.2 Å². The third-order valence-corrected chi connectivity index (χ3v) is 9.10. The molecular weight excluding hydrogens is 621 g/mol. The van der Waals surface area contributed by atoms with Gasteiger partial charge in [0, 0.05) is 19.4 Å². The molecule has 1 aliphatic rings. The first-order chi connectivity index (χ1) is 18.9. The third kappa shape index (κ3) is 12.0. The second-order valence-corrected chi connectivity index (χ2v) is 12.8. The van der Waals surface area contributed by atoms with E-state index >= 15 is 0 Å². The van der Waals surface area contributed by atoms with Crippen molar-refractivity contribution in [1.82, 2.24) is 9.88 Å². The van der Waals surface area contributed by atoms with E-state index in [4.69, 9.17) is 20.3 Å². The van der Waals surface area contributed by atoms with Gasteiger partial charge in [-0.2, -0.15) is 8.62 Å². The zero-order valence-corrected chi connectivity index (χ0v) is 23.7. The zero-order valence-electron chi connectivity index (χ0n) is 21.0. The van der Waals surface area contributed by atoms with Gasteiger partial charge in [-0.1, -0.05) is 11.8 Å². The lowest BCUT2D eigenvalue weighted by Gasteiger charge is -2.20. The van der Waals surface area contributed by atoms with Crippen molar-refractivity contribution >= 4 is 35.2 Å². The molecule has 0 aliphatic carbocycles. The topological polar surface area (TPSA) is 313 Å². The Bertz CT molecular complexity index is 1290. The van der Waals surface area contributed by atoms with Gasteiger partial charge in [-0.3, -0.25) is 9.32 Å². The van der Waals surface area contributed by atoms with Crippen LogP contribution in [0.2, 0.25) is 0 Å². The van der Waals surface area contributed by atoms with E-state index < -0.39 is 72.0 Å². The fourth-order valence-electron chi connectivity index (χ4n) is 3.53. The van der Waals surface area contributed by atoms with Gasteiger partial charge in [0.05, 0.1) is 37.0 Å². The van der Waals surface area contributed by atoms with Crippen LogP contribution < -0.4 is 11.1 Å². The molecule has 232 valence electrons. The van der Waals surface area contributed by atoms with Gasteiger partial charge in [0.2, 0.25) is 12.1 Å². The number of nitrogens with one attached hydrogen (secondary N) is 1. The average Bonchev–Trinajstić information content (AvgIpc) is 3.42. The van der Waals surface area contributed by atoms with E-state index in [1.54, 1.807) is 0 Å². The molecule has 0 radical (unpaired) electrons. The number of hydrogen-bond donors (Lipinski definition) is 8. The molecule has 6 atom stereocenters. The summed E-state index contributed by atoms with van der Waals surface area (Å²) >= 11 is 0. The number of nitro groups is 1. The van der Waals surface area contributed by atoms with Gasteiger partial charge >= 0.3 is 29.3 Å². The van der Waals surface area contributed by atoms with Crippen LogP contribution in [0.25, 0.3) is 0 Å². The molecule has 41 heavy (non-hydrogen) atoms. The number of aliphatic hydroxyl groups is 2. The minimum absolute atomic E-state index is 0.0237. The summed E-state index contributed by atoms with van der Waals surface area (Å²) in [7, 11) is -16.6. The fourth-order valence-corrected chi connectivity index (χ4v) is 6.76. The number of ether oxygens (including phenoxy) is 1. The van der Waals surface area contributed by atoms with E-state index in [0.717, 1.165) is 0 Å². The SMILES string of the molecule is NCC(CCCC(=O)NCC#Cc1cc([N+](=O)[O-])n([C@H]2C[C@H](O)[C@@H](CO)O2)c1)OP(=O)(O)OP(=O)(O)OP(=O)(O)O. The lowest BCUT2D eigenvalue weighted by Crippen LogP contribution is -2.26. The molecule has 2 heterocycles. The summed E-state index contributed by atoms with van der Waals surface area (Å²) in [6.45, 7) is -1.00. The van der Waals surface area contributed by atoms with Gasteiger partial charge in [0.25, 0.3) is 0 Å². The predicted molar refractivity (Wildman–Crippen MR) is 134 cm³/mol. The summed E-state index contributed by atoms with van der Waals surface area (Å²) in [4.78, 5) is 58.6. The summed E-state index contributed by atoms with van der Waals surface area (Å²) in [6.07, 6.45) is -2.85. The van der Waals surface area contributed by atoms with Crippen molar-refractivity contribution in [3.05, 3.63) is 27.9 Å². The number of amides is 1. The van der Waals surface area contributed by atoms with E-state index in [0.29, 0.717) is 0 Å². The summed E-state index contributed by atoms with van der Waals surface area (Å²) in [6, 6.07) is 1.18. The van der Waals surface area contributed by atoms with Gasteiger partial charge < -0.3 is 55.7 Å². The Morgan fingerprint density at radius 2 is 1.95 bits per heavy atom. The third-order valence-electron chi connectivity index (χ3n) is 5.21. The maximum absolute atomic E-state index is 12.0. The molecule has 0 bridgehead atoms. The molecule has 0 aromatic carbocycles. The average molecular weight is 650 g/mol. The normalized spacial score (nSPS) is 22.7. The molecule has 3 unspecified atom stereocenters. The first-order valence-electron chi connectivity index (χ1n) is 11.5. The van der Waals surface area contributed by atoms with Crippen LogP contribution in [0.15, 0.2) is 12.3 Å². The molecule has 0 saturated carbocycles. The van der Waals surface area contributed by atoms with Gasteiger partial charge in [0.15, 0.2) is 0 Å². The molecule has 1 saturated heterocycles. The van der Waals surface area contributed by atoms with E-state index in [2.05, 4.69) is 30.3 Å². The Morgan fingerprint density at radius 3 is 2.51 bits per heavy atom. The number of nitrogens with zero attached hydrogens (tertiary/aromatic N) is 2. The molecule has 9 N–H and O–H groups in total. The summed E-state index contributed by atoms with van der Waals surface area (Å²) in [5.41, 5.74) is 5.64. The number of rotatable bonds is 15. The van der Waals surface area contributed by atoms with E-state index in [1.165, 1.54) is 16.8 Å². The summed E-state index contributed by atoms with van der Waals surface area (Å²) in [5.74, 6) is 4.41. The monoisotopic (exact) mass is 650 g/mol. The van der Waals surface area contributed by atoms with E-state index in [1.807, 2.05) is 0 Å². The Hall–Kier alpha value is -2.04. The van der Waals surface area contributed by atoms with Crippen LogP contribution in [0.1, 0.15) is 37.5 Å². The zero-order chi connectivity index (χ0) is 31.0. The highest BCUT2D eigenvalue weighted by atomic mass is 31.3. The Labute approximate surface area is 232 Å². The number of phosphoric ester groups is 1. The maximum atomic E-state index is 12.0. The van der Waals surface area contributed by atoms with Gasteiger partial charge in [-0.15, -0.1) is 0 Å². The summed E-state index contributed by atoms with van der Waals surface area (Å²) in [5, 5.41) is 33.0. The van der Waals surface area contributed by atoms with Crippen molar-refractivity contribution in [3.8, 4) is 11.8 Å². The van der Waals surface area contributed by atoms with Crippen molar-refractivity contribution in [2.45, 2.75) is 50.2 Å². The molecule has 0 spiro atoms. The van der Waals surface area contributed by atoms with E-state index in [-0.39, 0.29) is 43.6 Å². The number of aliphatic hydroxyl groups excluding tert-OH is 2. The van der Waals surface area contributed by atoms with Crippen LogP contribution in [0.5, 0.6) is 0 Å². The van der Waals surface area contributed by atoms with Gasteiger partial charge in [-0.25, -0.2) is 18.3 Å². The highest BCUT2D eigenvalue weighted by Gasteiger charge is 2.42. The first-order valence-corrected chi connectivity index (χ1v) is 16.1. The van der Waals surface area contributed by atoms with E-state index in [9.17, 15) is 48.6 Å².